The molecule has 1 heterocycles. The molecular weight excluding hydrogens is 229 g/mol. The van der Waals surface area contributed by atoms with Crippen LogP contribution in [0, 0.1) is 0 Å². The van der Waals surface area contributed by atoms with Gasteiger partial charge in [0.1, 0.15) is 0 Å². The molecule has 1 aliphatic carbocycles. The SMILES string of the molecule is FC(F)(F)c1ccccc1C12CCC(C1)OC2. The molecule has 17 heavy (non-hydrogen) atoms. The van der Waals surface area contributed by atoms with E-state index in [1.807, 2.05) is 0 Å². The number of fused-ring (bicyclic) bond motifs is 2. The predicted molar refractivity (Wildman–Crippen MR) is 56.7 cm³/mol. The van der Waals surface area contributed by atoms with Gasteiger partial charge in [-0.25, -0.2) is 0 Å². The highest BCUT2D eigenvalue weighted by Gasteiger charge is 2.50. The minimum atomic E-state index is -4.27. The second kappa shape index (κ2) is 3.48. The summed E-state index contributed by atoms with van der Waals surface area (Å²) in [7, 11) is 0. The molecule has 1 saturated heterocycles. The second-order valence-electron chi connectivity index (χ2n) is 5.00. The van der Waals surface area contributed by atoms with E-state index >= 15 is 0 Å². The van der Waals surface area contributed by atoms with Crippen LogP contribution in [0.3, 0.4) is 0 Å². The zero-order chi connectivity index (χ0) is 12.1. The first kappa shape index (κ1) is 11.1. The monoisotopic (exact) mass is 242 g/mol. The molecule has 1 aromatic rings. The van der Waals surface area contributed by atoms with Gasteiger partial charge in [-0.15, -0.1) is 0 Å². The lowest BCUT2D eigenvalue weighted by Crippen LogP contribution is -2.28. The van der Waals surface area contributed by atoms with Gasteiger partial charge < -0.3 is 4.74 Å². The van der Waals surface area contributed by atoms with E-state index in [0.29, 0.717) is 12.2 Å². The van der Waals surface area contributed by atoms with Crippen molar-refractivity contribution in [1.29, 1.82) is 0 Å². The summed E-state index contributed by atoms with van der Waals surface area (Å²) in [5.74, 6) is 0. The maximum Gasteiger partial charge on any atom is 0.416 e. The highest BCUT2D eigenvalue weighted by Crippen LogP contribution is 2.51. The Hall–Kier alpha value is -1.03. The zero-order valence-corrected chi connectivity index (χ0v) is 9.26. The average Bonchev–Trinajstić information content (AvgIpc) is 2.89. The number of halogens is 3. The van der Waals surface area contributed by atoms with Gasteiger partial charge in [0.15, 0.2) is 0 Å². The molecule has 2 fully saturated rings. The molecule has 0 N–H and O–H groups in total. The molecule has 0 spiro atoms. The van der Waals surface area contributed by atoms with Crippen molar-refractivity contribution < 1.29 is 17.9 Å². The van der Waals surface area contributed by atoms with Crippen LogP contribution in [-0.4, -0.2) is 12.7 Å². The van der Waals surface area contributed by atoms with Crippen molar-refractivity contribution >= 4 is 0 Å². The summed E-state index contributed by atoms with van der Waals surface area (Å²) in [5, 5.41) is 0. The summed E-state index contributed by atoms with van der Waals surface area (Å²) in [6.45, 7) is 0.435. The molecule has 4 heteroatoms. The van der Waals surface area contributed by atoms with E-state index in [-0.39, 0.29) is 6.10 Å². The van der Waals surface area contributed by atoms with Crippen LogP contribution >= 0.6 is 0 Å². The minimum Gasteiger partial charge on any atom is -0.377 e. The smallest absolute Gasteiger partial charge is 0.377 e. The Kier molecular flexibility index (Phi) is 2.27. The van der Waals surface area contributed by atoms with Crippen LogP contribution in [0.1, 0.15) is 30.4 Å². The second-order valence-corrected chi connectivity index (χ2v) is 5.00. The van der Waals surface area contributed by atoms with Crippen LogP contribution in [0.4, 0.5) is 13.2 Å². The van der Waals surface area contributed by atoms with Crippen molar-refractivity contribution in [3.05, 3.63) is 35.4 Å². The Balaban J connectivity index is 2.09. The number of rotatable bonds is 1. The summed E-state index contributed by atoms with van der Waals surface area (Å²) >= 11 is 0. The largest absolute Gasteiger partial charge is 0.416 e. The molecular formula is C13H13F3O. The van der Waals surface area contributed by atoms with Gasteiger partial charge in [-0.2, -0.15) is 13.2 Å². The average molecular weight is 242 g/mol. The number of hydrogen-bond acceptors (Lipinski definition) is 1. The Labute approximate surface area is 97.6 Å². The normalized spacial score (nSPS) is 32.1. The number of benzene rings is 1. The molecule has 92 valence electrons. The van der Waals surface area contributed by atoms with Gasteiger partial charge in [-0.1, -0.05) is 18.2 Å². The van der Waals surface area contributed by atoms with E-state index < -0.39 is 17.2 Å². The van der Waals surface area contributed by atoms with E-state index in [4.69, 9.17) is 4.74 Å². The van der Waals surface area contributed by atoms with Crippen molar-refractivity contribution in [3.8, 4) is 0 Å². The molecule has 0 aromatic heterocycles. The van der Waals surface area contributed by atoms with Crippen molar-refractivity contribution in [2.24, 2.45) is 0 Å². The van der Waals surface area contributed by atoms with Crippen LogP contribution in [-0.2, 0) is 16.3 Å². The summed E-state index contributed by atoms with van der Waals surface area (Å²) in [5.41, 5.74) is -0.463. The summed E-state index contributed by atoms with van der Waals surface area (Å²) in [6.07, 6.45) is -1.68. The molecule has 2 bridgehead atoms. The van der Waals surface area contributed by atoms with Gasteiger partial charge in [-0.3, -0.25) is 0 Å². The number of alkyl halides is 3. The Bertz CT molecular complexity index is 431. The molecule has 0 amide bonds. The maximum atomic E-state index is 13.0. The molecule has 1 aliphatic heterocycles. The van der Waals surface area contributed by atoms with Gasteiger partial charge in [0, 0.05) is 5.41 Å². The van der Waals surface area contributed by atoms with E-state index in [1.165, 1.54) is 12.1 Å². The first-order chi connectivity index (χ1) is 8.01. The predicted octanol–water partition coefficient (Wildman–Crippen LogP) is 3.53. The van der Waals surface area contributed by atoms with Crippen molar-refractivity contribution in [1.82, 2.24) is 0 Å². The highest BCUT2D eigenvalue weighted by molar-refractivity contribution is 5.38. The fourth-order valence-electron chi connectivity index (χ4n) is 3.14. The van der Waals surface area contributed by atoms with Gasteiger partial charge in [0.2, 0.25) is 0 Å². The molecule has 1 nitrogen and oxygen atoms in total. The van der Waals surface area contributed by atoms with Crippen molar-refractivity contribution in [2.45, 2.75) is 37.0 Å². The van der Waals surface area contributed by atoms with Crippen LogP contribution in [0.15, 0.2) is 24.3 Å². The standard InChI is InChI=1S/C13H13F3O/c14-13(15,16)11-4-2-1-3-10(11)12-6-5-9(7-12)17-8-12/h1-4,9H,5-8H2. The molecule has 3 rings (SSSR count). The fourth-order valence-corrected chi connectivity index (χ4v) is 3.14. The first-order valence-corrected chi connectivity index (χ1v) is 5.80. The lowest BCUT2D eigenvalue weighted by Gasteiger charge is -2.29. The number of hydrogen-bond donors (Lipinski definition) is 0. The van der Waals surface area contributed by atoms with E-state index in [0.717, 1.165) is 19.3 Å². The van der Waals surface area contributed by atoms with Crippen LogP contribution in [0.5, 0.6) is 0 Å². The molecule has 2 aliphatic rings. The molecule has 1 aromatic carbocycles. The molecule has 1 saturated carbocycles. The van der Waals surface area contributed by atoms with E-state index in [1.54, 1.807) is 12.1 Å². The van der Waals surface area contributed by atoms with Crippen LogP contribution < -0.4 is 0 Å². The van der Waals surface area contributed by atoms with Gasteiger partial charge in [0.25, 0.3) is 0 Å². The van der Waals surface area contributed by atoms with Crippen molar-refractivity contribution in [2.75, 3.05) is 6.61 Å². The zero-order valence-electron chi connectivity index (χ0n) is 9.26. The summed E-state index contributed by atoms with van der Waals surface area (Å²) in [6, 6.07) is 5.92. The Morgan fingerprint density at radius 2 is 2.00 bits per heavy atom. The summed E-state index contributed by atoms with van der Waals surface area (Å²) in [4.78, 5) is 0. The third kappa shape index (κ3) is 1.66. The van der Waals surface area contributed by atoms with E-state index in [9.17, 15) is 13.2 Å². The third-order valence-electron chi connectivity index (χ3n) is 3.96. The first-order valence-electron chi connectivity index (χ1n) is 5.80. The van der Waals surface area contributed by atoms with Crippen LogP contribution in [0.2, 0.25) is 0 Å². The van der Waals surface area contributed by atoms with Gasteiger partial charge >= 0.3 is 6.18 Å². The molecule has 0 radical (unpaired) electrons. The quantitative estimate of drug-likeness (QED) is 0.732. The third-order valence-corrected chi connectivity index (χ3v) is 3.96. The lowest BCUT2D eigenvalue weighted by atomic mass is 9.78. The van der Waals surface area contributed by atoms with E-state index in [2.05, 4.69) is 0 Å². The van der Waals surface area contributed by atoms with Gasteiger partial charge in [0.05, 0.1) is 18.3 Å². The van der Waals surface area contributed by atoms with Crippen molar-refractivity contribution in [3.63, 3.8) is 0 Å². The lowest BCUT2D eigenvalue weighted by molar-refractivity contribution is -0.138. The minimum absolute atomic E-state index is 0.163. The topological polar surface area (TPSA) is 9.23 Å². The highest BCUT2D eigenvalue weighted by atomic mass is 19.4. The number of ether oxygens (including phenoxy) is 1. The summed E-state index contributed by atoms with van der Waals surface area (Å²) < 4.78 is 44.5. The Morgan fingerprint density at radius 1 is 1.24 bits per heavy atom. The van der Waals surface area contributed by atoms with Gasteiger partial charge in [-0.05, 0) is 30.9 Å². The van der Waals surface area contributed by atoms with Crippen LogP contribution in [0.25, 0.3) is 0 Å². The molecule has 2 atom stereocenters. The Morgan fingerprint density at radius 3 is 2.53 bits per heavy atom. The fraction of sp³-hybridized carbons (Fsp3) is 0.538. The maximum absolute atomic E-state index is 13.0. The molecule has 2 unspecified atom stereocenters.